The third-order valence-electron chi connectivity index (χ3n) is 5.18. The van der Waals surface area contributed by atoms with Gasteiger partial charge in [-0.05, 0) is 44.5 Å². The zero-order chi connectivity index (χ0) is 22.0. The first-order valence-electron chi connectivity index (χ1n) is 10.7. The van der Waals surface area contributed by atoms with E-state index in [2.05, 4.69) is 0 Å². The van der Waals surface area contributed by atoms with Crippen LogP contribution in [0.15, 0.2) is 46.9 Å². The number of aromatic nitrogens is 1. The van der Waals surface area contributed by atoms with Crippen LogP contribution in [0.4, 0.5) is 5.88 Å². The van der Waals surface area contributed by atoms with Gasteiger partial charge in [-0.15, -0.1) is 0 Å². The summed E-state index contributed by atoms with van der Waals surface area (Å²) in [6.45, 7) is 9.27. The number of nitrogens with zero attached hydrogens (tertiary/aromatic N) is 2. The van der Waals surface area contributed by atoms with Crippen molar-refractivity contribution >= 4 is 29.7 Å². The smallest absolute Gasteiger partial charge is 0.385 e. The van der Waals surface area contributed by atoms with E-state index in [4.69, 9.17) is 23.2 Å². The van der Waals surface area contributed by atoms with Crippen LogP contribution in [0.3, 0.4) is 0 Å². The van der Waals surface area contributed by atoms with Gasteiger partial charge in [-0.2, -0.15) is 4.98 Å². The number of morpholine rings is 1. The van der Waals surface area contributed by atoms with Crippen molar-refractivity contribution < 1.29 is 22.8 Å². The number of ether oxygens (including phenoxy) is 1. The molecule has 0 spiro atoms. The molecule has 0 radical (unpaired) electrons. The highest BCUT2D eigenvalue weighted by Gasteiger charge is 2.39. The van der Waals surface area contributed by atoms with Gasteiger partial charge in [0.25, 0.3) is 0 Å². The highest BCUT2D eigenvalue weighted by atomic mass is 31.2. The second-order valence-electron chi connectivity index (χ2n) is 7.67. The maximum atomic E-state index is 13.7. The second kappa shape index (κ2) is 9.13. The van der Waals surface area contributed by atoms with E-state index in [0.29, 0.717) is 24.9 Å². The molecule has 31 heavy (non-hydrogen) atoms. The Labute approximate surface area is 182 Å². The molecule has 1 fully saturated rings. The molecule has 1 aromatic heterocycles. The van der Waals surface area contributed by atoms with Crippen molar-refractivity contribution in [3.63, 3.8) is 0 Å². The Morgan fingerprint density at radius 3 is 2.35 bits per heavy atom. The fourth-order valence-electron chi connectivity index (χ4n) is 4.06. The predicted octanol–water partition coefficient (Wildman–Crippen LogP) is 5.00. The average Bonchev–Trinajstić information content (AvgIpc) is 3.19. The average molecular weight is 444 g/mol. The molecule has 2 aromatic carbocycles. The highest BCUT2D eigenvalue weighted by Crippen LogP contribution is 2.50. The van der Waals surface area contributed by atoms with Gasteiger partial charge in [0.1, 0.15) is 0 Å². The Morgan fingerprint density at radius 2 is 1.68 bits per heavy atom. The van der Waals surface area contributed by atoms with Crippen molar-refractivity contribution in [2.45, 2.75) is 39.9 Å². The second-order valence-corrected chi connectivity index (χ2v) is 9.60. The number of oxazole rings is 1. The molecule has 1 aliphatic rings. The van der Waals surface area contributed by atoms with Gasteiger partial charge in [0.05, 0.1) is 25.4 Å². The Balaban J connectivity index is 1.88. The molecule has 4 rings (SSSR count). The molecule has 1 saturated heterocycles. The zero-order valence-corrected chi connectivity index (χ0v) is 19.3. The molecule has 0 unspecified atom stereocenters. The molecule has 0 aliphatic carbocycles. The summed E-state index contributed by atoms with van der Waals surface area (Å²) < 4.78 is 37.2. The fourth-order valence-corrected chi connectivity index (χ4v) is 5.69. The SMILES string of the molecule is CCOP(=O)(OCC)c1nc(-c2cccc3ccccc23)oc1N1C[C@H](C)O[C@@H](C)C1. The molecule has 3 aromatic rings. The number of rotatable bonds is 7. The molecule has 166 valence electrons. The number of hydrogen-bond donors (Lipinski definition) is 0. The first-order valence-corrected chi connectivity index (χ1v) is 12.3. The number of anilines is 1. The van der Waals surface area contributed by atoms with E-state index in [9.17, 15) is 4.57 Å². The third-order valence-corrected chi connectivity index (χ3v) is 7.18. The van der Waals surface area contributed by atoms with Crippen LogP contribution in [0.1, 0.15) is 27.7 Å². The van der Waals surface area contributed by atoms with E-state index in [1.807, 2.05) is 61.2 Å². The lowest BCUT2D eigenvalue weighted by atomic mass is 10.0. The van der Waals surface area contributed by atoms with Gasteiger partial charge in [0, 0.05) is 18.7 Å². The Bertz CT molecular complexity index is 1070. The molecule has 0 amide bonds. The normalized spacial score (nSPS) is 19.8. The topological polar surface area (TPSA) is 74.0 Å². The zero-order valence-electron chi connectivity index (χ0n) is 18.4. The van der Waals surface area contributed by atoms with E-state index in [1.54, 1.807) is 13.8 Å². The number of benzene rings is 2. The monoisotopic (exact) mass is 444 g/mol. The summed E-state index contributed by atoms with van der Waals surface area (Å²) in [6, 6.07) is 14.0. The summed E-state index contributed by atoms with van der Waals surface area (Å²) in [5.74, 6) is 0.823. The number of fused-ring (bicyclic) bond motifs is 1. The van der Waals surface area contributed by atoms with Crippen molar-refractivity contribution in [3.05, 3.63) is 42.5 Å². The summed E-state index contributed by atoms with van der Waals surface area (Å²) in [4.78, 5) is 6.73. The first kappa shape index (κ1) is 22.0. The van der Waals surface area contributed by atoms with Gasteiger partial charge < -0.3 is 23.1 Å². The van der Waals surface area contributed by atoms with Crippen LogP contribution in [0.25, 0.3) is 22.2 Å². The maximum absolute atomic E-state index is 13.7. The molecule has 8 heteroatoms. The lowest BCUT2D eigenvalue weighted by Gasteiger charge is -2.35. The van der Waals surface area contributed by atoms with Crippen LogP contribution in [-0.4, -0.2) is 43.5 Å². The van der Waals surface area contributed by atoms with E-state index in [1.165, 1.54) is 0 Å². The molecule has 0 N–H and O–H groups in total. The van der Waals surface area contributed by atoms with Crippen molar-refractivity contribution in [3.8, 4) is 11.5 Å². The van der Waals surface area contributed by atoms with Crippen LogP contribution in [-0.2, 0) is 18.3 Å². The van der Waals surface area contributed by atoms with Crippen molar-refractivity contribution in [1.82, 2.24) is 4.98 Å². The molecule has 7 nitrogen and oxygen atoms in total. The fraction of sp³-hybridized carbons (Fsp3) is 0.435. The van der Waals surface area contributed by atoms with Gasteiger partial charge in [0.2, 0.25) is 17.2 Å². The van der Waals surface area contributed by atoms with Gasteiger partial charge in [-0.3, -0.25) is 4.57 Å². The Morgan fingerprint density at radius 1 is 1.03 bits per heavy atom. The summed E-state index contributed by atoms with van der Waals surface area (Å²) in [5.41, 5.74) is 1.06. The quantitative estimate of drug-likeness (QED) is 0.475. The summed E-state index contributed by atoms with van der Waals surface area (Å²) in [5, 5.41) is 2.09. The van der Waals surface area contributed by atoms with Crippen LogP contribution < -0.4 is 10.3 Å². The highest BCUT2D eigenvalue weighted by molar-refractivity contribution is 7.62. The summed E-state index contributed by atoms with van der Waals surface area (Å²) in [6.07, 6.45) is 0.00237. The lowest BCUT2D eigenvalue weighted by Crippen LogP contribution is -2.46. The van der Waals surface area contributed by atoms with E-state index in [-0.39, 0.29) is 30.9 Å². The van der Waals surface area contributed by atoms with Gasteiger partial charge in [0.15, 0.2) is 0 Å². The van der Waals surface area contributed by atoms with E-state index < -0.39 is 7.60 Å². The van der Waals surface area contributed by atoms with Crippen molar-refractivity contribution in [2.24, 2.45) is 0 Å². The minimum absolute atomic E-state index is 0.00118. The molecule has 1 aliphatic heterocycles. The van der Waals surface area contributed by atoms with Gasteiger partial charge in [-0.1, -0.05) is 36.4 Å². The standard InChI is InChI=1S/C23H29N2O5P/c1-5-27-31(26,28-6-2)22-23(25-14-16(3)29-17(4)15-25)30-21(24-22)20-13-9-11-18-10-7-8-12-19(18)20/h7-13,16-17H,5-6,14-15H2,1-4H3/t16-,17-/m0/s1. The summed E-state index contributed by atoms with van der Waals surface area (Å²) >= 11 is 0. The van der Waals surface area contributed by atoms with Crippen LogP contribution in [0.5, 0.6) is 0 Å². The Kier molecular flexibility index (Phi) is 6.49. The van der Waals surface area contributed by atoms with Gasteiger partial charge in [-0.25, -0.2) is 0 Å². The third kappa shape index (κ3) is 4.41. The summed E-state index contributed by atoms with van der Waals surface area (Å²) in [7, 11) is -3.66. The van der Waals surface area contributed by atoms with Crippen LogP contribution in [0, 0.1) is 0 Å². The molecule has 0 saturated carbocycles. The molecular weight excluding hydrogens is 415 g/mol. The van der Waals surface area contributed by atoms with Crippen molar-refractivity contribution in [2.75, 3.05) is 31.2 Å². The lowest BCUT2D eigenvalue weighted by molar-refractivity contribution is -0.00632. The predicted molar refractivity (Wildman–Crippen MR) is 122 cm³/mol. The maximum Gasteiger partial charge on any atom is 0.385 e. The molecular formula is C23H29N2O5P. The van der Waals surface area contributed by atoms with Gasteiger partial charge >= 0.3 is 7.60 Å². The molecule has 0 bridgehead atoms. The van der Waals surface area contributed by atoms with Crippen molar-refractivity contribution in [1.29, 1.82) is 0 Å². The molecule has 2 heterocycles. The minimum atomic E-state index is -3.66. The number of hydrogen-bond acceptors (Lipinski definition) is 7. The molecule has 2 atom stereocenters. The van der Waals surface area contributed by atoms with E-state index >= 15 is 0 Å². The largest absolute Gasteiger partial charge is 0.419 e. The minimum Gasteiger partial charge on any atom is -0.419 e. The van der Waals surface area contributed by atoms with Crippen LogP contribution in [0.2, 0.25) is 0 Å². The first-order chi connectivity index (χ1) is 14.9. The van der Waals surface area contributed by atoms with E-state index in [0.717, 1.165) is 16.3 Å². The van der Waals surface area contributed by atoms with Crippen LogP contribution >= 0.6 is 7.60 Å². The Hall–Kier alpha value is -2.18.